The summed E-state index contributed by atoms with van der Waals surface area (Å²) in [5, 5.41) is 3.13. The molecular formula is C22H23N5O. The van der Waals surface area contributed by atoms with Crippen molar-refractivity contribution in [2.45, 2.75) is 26.8 Å². The molecule has 0 spiro atoms. The van der Waals surface area contributed by atoms with Crippen molar-refractivity contribution in [2.75, 3.05) is 0 Å². The smallest absolute Gasteiger partial charge is 0.251 e. The Hall–Kier alpha value is -3.41. The quantitative estimate of drug-likeness (QED) is 0.485. The van der Waals surface area contributed by atoms with Crippen LogP contribution in [0.4, 0.5) is 0 Å². The summed E-state index contributed by atoms with van der Waals surface area (Å²) in [6, 6.07) is 13.3. The number of H-pyrrole nitrogens is 2. The van der Waals surface area contributed by atoms with Gasteiger partial charge in [-0.3, -0.25) is 4.79 Å². The average Bonchev–Trinajstić information content (AvgIpc) is 3.35. The summed E-state index contributed by atoms with van der Waals surface area (Å²) in [6.07, 6.45) is 3.46. The first kappa shape index (κ1) is 18.0. The standard InChI is InChI=1S/C22H23N5O/c1-13(2)19(21-25-17-8-7-14(3)11-18(17)26-21)27-22(28)16-6-4-5-15(12-16)20-23-9-10-24-20/h4-13,19H,1-3H3,(H,23,24)(H,25,26)(H,27,28)/t19-/m0/s1. The van der Waals surface area contributed by atoms with Gasteiger partial charge in [0.2, 0.25) is 0 Å². The monoisotopic (exact) mass is 373 g/mol. The van der Waals surface area contributed by atoms with Gasteiger partial charge in [0.05, 0.1) is 17.1 Å². The maximum absolute atomic E-state index is 12.9. The molecule has 28 heavy (non-hydrogen) atoms. The molecule has 1 amide bonds. The number of rotatable bonds is 5. The number of benzene rings is 2. The van der Waals surface area contributed by atoms with Crippen molar-refractivity contribution in [1.82, 2.24) is 25.3 Å². The van der Waals surface area contributed by atoms with Gasteiger partial charge in [0.15, 0.2) is 0 Å². The highest BCUT2D eigenvalue weighted by Gasteiger charge is 2.22. The second kappa shape index (κ2) is 7.31. The van der Waals surface area contributed by atoms with Gasteiger partial charge < -0.3 is 15.3 Å². The molecule has 0 aliphatic carbocycles. The predicted molar refractivity (Wildman–Crippen MR) is 110 cm³/mol. The molecule has 6 nitrogen and oxygen atoms in total. The molecule has 0 aliphatic heterocycles. The zero-order valence-electron chi connectivity index (χ0n) is 16.2. The average molecular weight is 373 g/mol. The van der Waals surface area contributed by atoms with Crippen LogP contribution < -0.4 is 5.32 Å². The third-order valence-corrected chi connectivity index (χ3v) is 4.80. The van der Waals surface area contributed by atoms with Gasteiger partial charge in [0.25, 0.3) is 5.91 Å². The van der Waals surface area contributed by atoms with E-state index in [0.717, 1.165) is 28.2 Å². The van der Waals surface area contributed by atoms with Gasteiger partial charge in [-0.05, 0) is 42.7 Å². The van der Waals surface area contributed by atoms with Crippen LogP contribution in [0.2, 0.25) is 0 Å². The Kier molecular flexibility index (Phi) is 4.69. The first-order valence-corrected chi connectivity index (χ1v) is 9.38. The molecule has 3 N–H and O–H groups in total. The highest BCUT2D eigenvalue weighted by molar-refractivity contribution is 5.95. The molecule has 0 saturated carbocycles. The molecule has 142 valence electrons. The van der Waals surface area contributed by atoms with Gasteiger partial charge in [-0.1, -0.05) is 32.0 Å². The van der Waals surface area contributed by atoms with Crippen LogP contribution in [0, 0.1) is 12.8 Å². The van der Waals surface area contributed by atoms with Crippen molar-refractivity contribution < 1.29 is 4.79 Å². The number of carbonyl (C=O) groups is 1. The number of aryl methyl sites for hydroxylation is 1. The fraction of sp³-hybridized carbons (Fsp3) is 0.227. The van der Waals surface area contributed by atoms with Crippen LogP contribution in [0.5, 0.6) is 0 Å². The summed E-state index contributed by atoms with van der Waals surface area (Å²) in [7, 11) is 0. The lowest BCUT2D eigenvalue weighted by molar-refractivity contribution is 0.0923. The van der Waals surface area contributed by atoms with Gasteiger partial charge in [0, 0.05) is 23.5 Å². The van der Waals surface area contributed by atoms with Crippen LogP contribution in [0.1, 0.15) is 41.6 Å². The number of hydrogen-bond acceptors (Lipinski definition) is 3. The highest BCUT2D eigenvalue weighted by Crippen LogP contribution is 2.24. The second-order valence-electron chi connectivity index (χ2n) is 7.36. The van der Waals surface area contributed by atoms with Crippen LogP contribution in [0.25, 0.3) is 22.4 Å². The van der Waals surface area contributed by atoms with Crippen molar-refractivity contribution >= 4 is 16.9 Å². The molecule has 2 aromatic heterocycles. The molecule has 0 radical (unpaired) electrons. The number of hydrogen-bond donors (Lipinski definition) is 3. The minimum Gasteiger partial charge on any atom is -0.345 e. The van der Waals surface area contributed by atoms with E-state index in [2.05, 4.69) is 40.2 Å². The van der Waals surface area contributed by atoms with Crippen LogP contribution in [0.15, 0.2) is 54.9 Å². The van der Waals surface area contributed by atoms with Crippen molar-refractivity contribution in [2.24, 2.45) is 5.92 Å². The summed E-state index contributed by atoms with van der Waals surface area (Å²) in [5.41, 5.74) is 4.52. The topological polar surface area (TPSA) is 86.5 Å². The van der Waals surface area contributed by atoms with Crippen LogP contribution in [0.3, 0.4) is 0 Å². The molecule has 4 aromatic rings. The molecule has 6 heteroatoms. The summed E-state index contributed by atoms with van der Waals surface area (Å²) in [4.78, 5) is 28.3. The van der Waals surface area contributed by atoms with Crippen molar-refractivity contribution in [3.8, 4) is 11.4 Å². The molecule has 2 heterocycles. The number of carbonyl (C=O) groups excluding carboxylic acids is 1. The maximum atomic E-state index is 12.9. The van der Waals surface area contributed by atoms with E-state index in [1.165, 1.54) is 5.56 Å². The molecular weight excluding hydrogens is 350 g/mol. The number of nitrogens with zero attached hydrogens (tertiary/aromatic N) is 2. The summed E-state index contributed by atoms with van der Waals surface area (Å²) < 4.78 is 0. The fourth-order valence-corrected chi connectivity index (χ4v) is 3.30. The normalized spacial score (nSPS) is 12.4. The number of fused-ring (bicyclic) bond motifs is 1. The lowest BCUT2D eigenvalue weighted by Crippen LogP contribution is -2.32. The first-order chi connectivity index (χ1) is 13.5. The number of imidazole rings is 2. The zero-order chi connectivity index (χ0) is 19.7. The Balaban J connectivity index is 1.61. The fourth-order valence-electron chi connectivity index (χ4n) is 3.30. The third kappa shape index (κ3) is 3.53. The first-order valence-electron chi connectivity index (χ1n) is 9.38. The molecule has 1 atom stereocenters. The SMILES string of the molecule is Cc1ccc2nc([C@@H](NC(=O)c3cccc(-c4ncc[nH]4)c3)C(C)C)[nH]c2c1. The second-order valence-corrected chi connectivity index (χ2v) is 7.36. The van der Waals surface area contributed by atoms with E-state index in [-0.39, 0.29) is 17.9 Å². The van der Waals surface area contributed by atoms with E-state index in [4.69, 9.17) is 4.98 Å². The van der Waals surface area contributed by atoms with Crippen LogP contribution in [-0.4, -0.2) is 25.8 Å². The Morgan fingerprint density at radius 1 is 1.14 bits per heavy atom. The zero-order valence-corrected chi connectivity index (χ0v) is 16.2. The van der Waals surface area contributed by atoms with E-state index >= 15 is 0 Å². The Bertz CT molecular complexity index is 1110. The van der Waals surface area contributed by atoms with Gasteiger partial charge >= 0.3 is 0 Å². The Morgan fingerprint density at radius 2 is 2.00 bits per heavy atom. The van der Waals surface area contributed by atoms with E-state index < -0.39 is 0 Å². The van der Waals surface area contributed by atoms with E-state index in [1.807, 2.05) is 37.3 Å². The Labute approximate surface area is 163 Å². The Morgan fingerprint density at radius 3 is 2.75 bits per heavy atom. The van der Waals surface area contributed by atoms with Gasteiger partial charge in [-0.2, -0.15) is 0 Å². The van der Waals surface area contributed by atoms with Crippen LogP contribution in [-0.2, 0) is 0 Å². The summed E-state index contributed by atoms with van der Waals surface area (Å²) in [5.74, 6) is 1.55. The molecule has 0 fully saturated rings. The van der Waals surface area contributed by atoms with Crippen molar-refractivity contribution in [1.29, 1.82) is 0 Å². The molecule has 0 saturated heterocycles. The molecule has 2 aromatic carbocycles. The van der Waals surface area contributed by atoms with Crippen molar-refractivity contribution in [3.63, 3.8) is 0 Å². The number of amides is 1. The van der Waals surface area contributed by atoms with Gasteiger partial charge in [-0.25, -0.2) is 9.97 Å². The van der Waals surface area contributed by atoms with Crippen LogP contribution >= 0.6 is 0 Å². The lowest BCUT2D eigenvalue weighted by Gasteiger charge is -2.20. The van der Waals surface area contributed by atoms with E-state index in [9.17, 15) is 4.79 Å². The van der Waals surface area contributed by atoms with Crippen molar-refractivity contribution in [3.05, 3.63) is 71.8 Å². The summed E-state index contributed by atoms with van der Waals surface area (Å²) >= 11 is 0. The van der Waals surface area contributed by atoms with E-state index in [0.29, 0.717) is 5.56 Å². The van der Waals surface area contributed by atoms with Gasteiger partial charge in [0.1, 0.15) is 11.6 Å². The largest absolute Gasteiger partial charge is 0.345 e. The number of nitrogens with one attached hydrogen (secondary N) is 3. The molecule has 0 bridgehead atoms. The van der Waals surface area contributed by atoms with Gasteiger partial charge in [-0.15, -0.1) is 0 Å². The lowest BCUT2D eigenvalue weighted by atomic mass is 10.0. The minimum absolute atomic E-state index is 0.135. The number of aromatic amines is 2. The highest BCUT2D eigenvalue weighted by atomic mass is 16.1. The predicted octanol–water partition coefficient (Wildman–Crippen LogP) is 4.39. The summed E-state index contributed by atoms with van der Waals surface area (Å²) in [6.45, 7) is 6.19. The molecule has 0 unspecified atom stereocenters. The maximum Gasteiger partial charge on any atom is 0.251 e. The minimum atomic E-state index is -0.215. The van der Waals surface area contributed by atoms with E-state index in [1.54, 1.807) is 18.5 Å². The third-order valence-electron chi connectivity index (χ3n) is 4.80. The molecule has 0 aliphatic rings. The molecule has 4 rings (SSSR count). The number of aromatic nitrogens is 4.